The Bertz CT molecular complexity index is 801. The molecule has 0 radical (unpaired) electrons. The maximum absolute atomic E-state index is 12.8. The van der Waals surface area contributed by atoms with Crippen LogP contribution in [-0.4, -0.2) is 57.7 Å². The van der Waals surface area contributed by atoms with Crippen molar-refractivity contribution in [2.45, 2.75) is 11.0 Å². The molecule has 2 N–H and O–H groups in total. The first-order valence-electron chi connectivity index (χ1n) is 8.71. The molecule has 0 aromatic heterocycles. The minimum atomic E-state index is -3.49. The number of ether oxygens (including phenoxy) is 1. The maximum atomic E-state index is 12.8. The van der Waals surface area contributed by atoms with Gasteiger partial charge in [-0.15, -0.1) is 0 Å². The van der Waals surface area contributed by atoms with Crippen molar-refractivity contribution in [3.8, 4) is 5.75 Å². The Balaban J connectivity index is 1.58. The van der Waals surface area contributed by atoms with Crippen LogP contribution in [0.25, 0.3) is 0 Å². The average molecular weight is 377 g/mol. The van der Waals surface area contributed by atoms with E-state index in [1.165, 1.54) is 9.21 Å². The summed E-state index contributed by atoms with van der Waals surface area (Å²) in [7, 11) is -1.94. The van der Waals surface area contributed by atoms with E-state index in [9.17, 15) is 13.5 Å². The maximum Gasteiger partial charge on any atom is 0.243 e. The number of aliphatic hydroxyl groups excluding tert-OH is 1. The van der Waals surface area contributed by atoms with Crippen LogP contribution in [0.5, 0.6) is 5.75 Å². The fraction of sp³-hybridized carbons (Fsp3) is 0.368. The third kappa shape index (κ3) is 4.24. The van der Waals surface area contributed by atoms with Crippen LogP contribution in [0.3, 0.4) is 0 Å². The molecule has 1 atom stereocenters. The van der Waals surface area contributed by atoms with E-state index in [1.54, 1.807) is 31.4 Å². The van der Waals surface area contributed by atoms with Gasteiger partial charge in [0.2, 0.25) is 10.0 Å². The first-order chi connectivity index (χ1) is 12.5. The summed E-state index contributed by atoms with van der Waals surface area (Å²) in [5.74, 6) is 0.633. The smallest absolute Gasteiger partial charge is 0.243 e. The SMILES string of the molecule is COc1ccc(S(=O)(=O)N2CC[NH+](C[C@H](O)c3ccccc3)CC2)cc1. The van der Waals surface area contributed by atoms with Gasteiger partial charge in [-0.05, 0) is 29.8 Å². The minimum Gasteiger partial charge on any atom is -0.497 e. The van der Waals surface area contributed by atoms with Crippen molar-refractivity contribution in [1.82, 2.24) is 4.31 Å². The Morgan fingerprint density at radius 3 is 2.27 bits per heavy atom. The predicted molar refractivity (Wildman–Crippen MR) is 98.7 cm³/mol. The molecule has 1 heterocycles. The van der Waals surface area contributed by atoms with E-state index in [2.05, 4.69) is 0 Å². The van der Waals surface area contributed by atoms with Gasteiger partial charge in [-0.2, -0.15) is 4.31 Å². The lowest BCUT2D eigenvalue weighted by atomic mass is 10.1. The van der Waals surface area contributed by atoms with Crippen LogP contribution >= 0.6 is 0 Å². The van der Waals surface area contributed by atoms with Gasteiger partial charge in [-0.25, -0.2) is 8.42 Å². The molecule has 0 saturated carbocycles. The molecule has 2 aromatic carbocycles. The van der Waals surface area contributed by atoms with Crippen molar-refractivity contribution in [2.75, 3.05) is 39.8 Å². The first kappa shape index (κ1) is 18.8. The van der Waals surface area contributed by atoms with E-state index in [1.807, 2.05) is 30.3 Å². The average Bonchev–Trinajstić information content (AvgIpc) is 2.69. The molecule has 0 unspecified atom stereocenters. The zero-order chi connectivity index (χ0) is 18.6. The number of quaternary nitrogens is 1. The molecule has 0 amide bonds. The lowest BCUT2D eigenvalue weighted by Crippen LogP contribution is -3.15. The Morgan fingerprint density at radius 1 is 1.08 bits per heavy atom. The number of methoxy groups -OCH3 is 1. The molecule has 1 aliphatic rings. The number of benzene rings is 2. The number of sulfonamides is 1. The summed E-state index contributed by atoms with van der Waals surface area (Å²) in [5, 5.41) is 10.4. The van der Waals surface area contributed by atoms with Gasteiger partial charge in [0.05, 0.1) is 38.2 Å². The standard InChI is InChI=1S/C19H24N2O4S/c1-25-17-7-9-18(10-8-17)26(23,24)21-13-11-20(12-14-21)15-19(22)16-5-3-2-4-6-16/h2-10,19,22H,11-15H2,1H3/p+1/t19-/m0/s1. The molecule has 2 aromatic rings. The predicted octanol–water partition coefficient (Wildman–Crippen LogP) is 0.318. The molecule has 6 nitrogen and oxygen atoms in total. The van der Waals surface area contributed by atoms with Crippen molar-refractivity contribution in [3.63, 3.8) is 0 Å². The van der Waals surface area contributed by atoms with E-state index in [0.29, 0.717) is 38.5 Å². The molecule has 7 heteroatoms. The lowest BCUT2D eigenvalue weighted by molar-refractivity contribution is -0.907. The third-order valence-corrected chi connectivity index (χ3v) is 6.71. The summed E-state index contributed by atoms with van der Waals surface area (Å²) in [4.78, 5) is 1.49. The fourth-order valence-electron chi connectivity index (χ4n) is 3.21. The van der Waals surface area contributed by atoms with Gasteiger partial charge < -0.3 is 14.7 Å². The van der Waals surface area contributed by atoms with Gasteiger partial charge >= 0.3 is 0 Å². The Morgan fingerprint density at radius 2 is 1.69 bits per heavy atom. The Kier molecular flexibility index (Phi) is 5.93. The summed E-state index contributed by atoms with van der Waals surface area (Å²) in [6, 6.07) is 16.0. The second kappa shape index (κ2) is 8.18. The van der Waals surface area contributed by atoms with Gasteiger partial charge in [0.15, 0.2) is 0 Å². The van der Waals surface area contributed by atoms with Crippen molar-refractivity contribution in [1.29, 1.82) is 0 Å². The topological polar surface area (TPSA) is 71.3 Å². The van der Waals surface area contributed by atoms with Crippen molar-refractivity contribution in [3.05, 3.63) is 60.2 Å². The zero-order valence-electron chi connectivity index (χ0n) is 14.8. The summed E-state index contributed by atoms with van der Waals surface area (Å²) in [5.41, 5.74) is 0.897. The van der Waals surface area contributed by atoms with Crippen molar-refractivity contribution < 1.29 is 23.2 Å². The highest BCUT2D eigenvalue weighted by molar-refractivity contribution is 7.89. The minimum absolute atomic E-state index is 0.283. The summed E-state index contributed by atoms with van der Waals surface area (Å²) in [6.45, 7) is 2.84. The van der Waals surface area contributed by atoms with Gasteiger partial charge in [0.25, 0.3) is 0 Å². The van der Waals surface area contributed by atoms with E-state index >= 15 is 0 Å². The van der Waals surface area contributed by atoms with Crippen LogP contribution in [0.15, 0.2) is 59.5 Å². The summed E-state index contributed by atoms with van der Waals surface area (Å²) >= 11 is 0. The monoisotopic (exact) mass is 377 g/mol. The normalized spacial score (nSPS) is 17.8. The van der Waals surface area contributed by atoms with Gasteiger partial charge in [-0.3, -0.25) is 0 Å². The molecule has 3 rings (SSSR count). The molecular weight excluding hydrogens is 352 g/mol. The molecule has 26 heavy (non-hydrogen) atoms. The molecule has 140 valence electrons. The van der Waals surface area contributed by atoms with E-state index < -0.39 is 16.1 Å². The van der Waals surface area contributed by atoms with Gasteiger partial charge in [0.1, 0.15) is 18.4 Å². The number of hydrogen-bond donors (Lipinski definition) is 2. The van der Waals surface area contributed by atoms with Gasteiger partial charge in [0, 0.05) is 0 Å². The first-order valence-corrected chi connectivity index (χ1v) is 10.2. The summed E-state index contributed by atoms with van der Waals surface area (Å²) < 4.78 is 32.1. The van der Waals surface area contributed by atoms with Crippen LogP contribution < -0.4 is 9.64 Å². The summed E-state index contributed by atoms with van der Waals surface area (Å²) in [6.07, 6.45) is -0.532. The number of nitrogens with one attached hydrogen (secondary N) is 1. The molecule has 1 saturated heterocycles. The highest BCUT2D eigenvalue weighted by atomic mass is 32.2. The van der Waals surface area contributed by atoms with Crippen LogP contribution in [-0.2, 0) is 10.0 Å². The number of aliphatic hydroxyl groups is 1. The van der Waals surface area contributed by atoms with Crippen molar-refractivity contribution in [2.24, 2.45) is 0 Å². The Hall–Kier alpha value is -1.93. The second-order valence-electron chi connectivity index (χ2n) is 6.46. The Labute approximate surface area is 154 Å². The number of nitrogens with zero attached hydrogens (tertiary/aromatic N) is 1. The molecule has 0 spiro atoms. The van der Waals surface area contributed by atoms with Crippen molar-refractivity contribution >= 4 is 10.0 Å². The largest absolute Gasteiger partial charge is 0.497 e. The molecule has 1 fully saturated rings. The fourth-order valence-corrected chi connectivity index (χ4v) is 4.65. The van der Waals surface area contributed by atoms with E-state index in [-0.39, 0.29) is 4.90 Å². The number of hydrogen-bond acceptors (Lipinski definition) is 4. The third-order valence-electron chi connectivity index (χ3n) is 4.79. The molecule has 0 aliphatic carbocycles. The van der Waals surface area contributed by atoms with Gasteiger partial charge in [-0.1, -0.05) is 30.3 Å². The number of piperazine rings is 1. The van der Waals surface area contributed by atoms with Crippen LogP contribution in [0, 0.1) is 0 Å². The van der Waals surface area contributed by atoms with Crippen LogP contribution in [0.4, 0.5) is 0 Å². The highest BCUT2D eigenvalue weighted by Gasteiger charge is 2.31. The van der Waals surface area contributed by atoms with Crippen LogP contribution in [0.1, 0.15) is 11.7 Å². The highest BCUT2D eigenvalue weighted by Crippen LogP contribution is 2.19. The lowest BCUT2D eigenvalue weighted by Gasteiger charge is -2.32. The van der Waals surface area contributed by atoms with E-state index in [0.717, 1.165) is 5.56 Å². The molecule has 1 aliphatic heterocycles. The second-order valence-corrected chi connectivity index (χ2v) is 8.40. The van der Waals surface area contributed by atoms with E-state index in [4.69, 9.17) is 4.74 Å². The molecule has 0 bridgehead atoms. The quantitative estimate of drug-likeness (QED) is 0.761. The zero-order valence-corrected chi connectivity index (χ0v) is 15.7. The number of rotatable bonds is 6. The molecular formula is C19H25N2O4S+. The van der Waals surface area contributed by atoms with Crippen LogP contribution in [0.2, 0.25) is 0 Å².